The second kappa shape index (κ2) is 7.51. The van der Waals surface area contributed by atoms with Gasteiger partial charge in [0.1, 0.15) is 0 Å². The van der Waals surface area contributed by atoms with Gasteiger partial charge < -0.3 is 10.2 Å². The topological polar surface area (TPSA) is 108 Å². The van der Waals surface area contributed by atoms with Crippen LogP contribution in [-0.2, 0) is 4.79 Å². The maximum atomic E-state index is 12.5. The molecule has 4 rings (SSSR count). The first-order valence-corrected chi connectivity index (χ1v) is 9.42. The number of hydrazine groups is 1. The van der Waals surface area contributed by atoms with E-state index in [1.807, 2.05) is 18.2 Å². The molecule has 2 aliphatic heterocycles. The van der Waals surface area contributed by atoms with Gasteiger partial charge in [-0.3, -0.25) is 14.9 Å². The molecule has 3 amide bonds. The number of benzene rings is 2. The predicted molar refractivity (Wildman–Crippen MR) is 107 cm³/mol. The fourth-order valence-corrected chi connectivity index (χ4v) is 3.84. The molecule has 2 heterocycles. The molecule has 9 nitrogen and oxygen atoms in total. The maximum Gasteiger partial charge on any atom is 0.343 e. The van der Waals surface area contributed by atoms with E-state index in [9.17, 15) is 19.7 Å². The van der Waals surface area contributed by atoms with E-state index in [1.54, 1.807) is 24.3 Å². The monoisotopic (exact) mass is 395 g/mol. The summed E-state index contributed by atoms with van der Waals surface area (Å²) in [5.41, 5.74) is 4.28. The van der Waals surface area contributed by atoms with E-state index in [0.29, 0.717) is 31.6 Å². The minimum Gasteiger partial charge on any atom is -0.371 e. The van der Waals surface area contributed by atoms with Crippen LogP contribution in [0.2, 0.25) is 0 Å². The van der Waals surface area contributed by atoms with Crippen LogP contribution in [0, 0.1) is 10.1 Å². The van der Waals surface area contributed by atoms with Crippen molar-refractivity contribution in [3.05, 3.63) is 64.7 Å². The first-order chi connectivity index (χ1) is 14.0. The number of nitro benzene ring substituents is 1. The molecule has 0 aromatic heterocycles. The third-order valence-corrected chi connectivity index (χ3v) is 5.46. The van der Waals surface area contributed by atoms with Crippen LogP contribution in [0.4, 0.5) is 21.9 Å². The average Bonchev–Trinajstić information content (AvgIpc) is 3.05. The average molecular weight is 395 g/mol. The van der Waals surface area contributed by atoms with Gasteiger partial charge in [-0.15, -0.1) is 0 Å². The molecule has 9 heteroatoms. The lowest BCUT2D eigenvalue weighted by Gasteiger charge is -2.40. The Hall–Kier alpha value is -3.46. The molecule has 2 aliphatic rings. The first-order valence-electron chi connectivity index (χ1n) is 9.42. The summed E-state index contributed by atoms with van der Waals surface area (Å²) < 4.78 is 0. The number of rotatable bonds is 3. The number of carbonyl (C=O) groups excluding carboxylic acids is 2. The Bertz CT molecular complexity index is 924. The van der Waals surface area contributed by atoms with Crippen LogP contribution in [0.3, 0.4) is 0 Å². The largest absolute Gasteiger partial charge is 0.371 e. The van der Waals surface area contributed by atoms with Crippen molar-refractivity contribution in [3.63, 3.8) is 0 Å². The number of nitro groups is 1. The van der Waals surface area contributed by atoms with Gasteiger partial charge in [0, 0.05) is 43.0 Å². The summed E-state index contributed by atoms with van der Waals surface area (Å²) >= 11 is 0. The number of carbonyl (C=O) groups is 2. The molecule has 2 saturated heterocycles. The molecule has 0 aliphatic carbocycles. The lowest BCUT2D eigenvalue weighted by Crippen LogP contribution is -2.55. The summed E-state index contributed by atoms with van der Waals surface area (Å²) in [6.07, 6.45) is 1.64. The van der Waals surface area contributed by atoms with E-state index in [1.165, 1.54) is 12.1 Å². The Morgan fingerprint density at radius 1 is 1.07 bits per heavy atom. The predicted octanol–water partition coefficient (Wildman–Crippen LogP) is 2.90. The fourth-order valence-electron chi connectivity index (χ4n) is 3.84. The Balaban J connectivity index is 1.38. The van der Waals surface area contributed by atoms with Crippen LogP contribution in [0.1, 0.15) is 19.3 Å². The normalized spacial score (nSPS) is 18.1. The molecule has 0 unspecified atom stereocenters. The molecule has 2 N–H and O–H groups in total. The lowest BCUT2D eigenvalue weighted by atomic mass is 9.86. The van der Waals surface area contributed by atoms with Crippen molar-refractivity contribution in [2.24, 2.45) is 0 Å². The number of non-ortho nitro benzene ring substituents is 1. The number of para-hydroxylation sites is 1. The molecule has 0 saturated carbocycles. The number of anilines is 2. The van der Waals surface area contributed by atoms with Crippen molar-refractivity contribution in [2.75, 3.05) is 23.3 Å². The molecule has 0 bridgehead atoms. The maximum absolute atomic E-state index is 12.5. The molecule has 0 radical (unpaired) electrons. The third kappa shape index (κ3) is 3.90. The molecule has 29 heavy (non-hydrogen) atoms. The second-order valence-corrected chi connectivity index (χ2v) is 7.35. The highest BCUT2D eigenvalue weighted by molar-refractivity contribution is 6.02. The van der Waals surface area contributed by atoms with Crippen LogP contribution in [0.5, 0.6) is 0 Å². The van der Waals surface area contributed by atoms with Crippen LogP contribution in [0.25, 0.3) is 0 Å². The van der Waals surface area contributed by atoms with Crippen LogP contribution in [0.15, 0.2) is 54.6 Å². The zero-order valence-corrected chi connectivity index (χ0v) is 15.7. The fraction of sp³-hybridized carbons (Fsp3) is 0.300. The van der Waals surface area contributed by atoms with Crippen molar-refractivity contribution in [1.29, 1.82) is 0 Å². The Kier molecular flexibility index (Phi) is 4.89. The van der Waals surface area contributed by atoms with Crippen molar-refractivity contribution >= 4 is 29.0 Å². The Morgan fingerprint density at radius 2 is 1.72 bits per heavy atom. The summed E-state index contributed by atoms with van der Waals surface area (Å²) in [7, 11) is 0. The lowest BCUT2D eigenvalue weighted by molar-refractivity contribution is -0.384. The molecule has 2 fully saturated rings. The number of urea groups is 1. The number of nitrogens with one attached hydrogen (secondary N) is 2. The van der Waals surface area contributed by atoms with Crippen molar-refractivity contribution in [2.45, 2.75) is 24.8 Å². The van der Waals surface area contributed by atoms with E-state index < -0.39 is 16.5 Å². The van der Waals surface area contributed by atoms with E-state index in [0.717, 1.165) is 10.7 Å². The summed E-state index contributed by atoms with van der Waals surface area (Å²) in [5.74, 6) is -0.248. The molecule has 1 spiro atoms. The number of hydrogen-bond donors (Lipinski definition) is 2. The third-order valence-electron chi connectivity index (χ3n) is 5.46. The van der Waals surface area contributed by atoms with Crippen LogP contribution in [-0.4, -0.2) is 40.5 Å². The second-order valence-electron chi connectivity index (χ2n) is 7.35. The van der Waals surface area contributed by atoms with Crippen LogP contribution >= 0.6 is 0 Å². The summed E-state index contributed by atoms with van der Waals surface area (Å²) in [4.78, 5) is 37.5. The zero-order valence-electron chi connectivity index (χ0n) is 15.7. The number of nitrogens with zero attached hydrogens (tertiary/aromatic N) is 3. The number of hydrogen-bond acceptors (Lipinski definition) is 6. The summed E-state index contributed by atoms with van der Waals surface area (Å²) in [6.45, 7) is 1.37. The van der Waals surface area contributed by atoms with Crippen molar-refractivity contribution in [1.82, 2.24) is 10.4 Å². The van der Waals surface area contributed by atoms with Gasteiger partial charge in [-0.05, 0) is 37.1 Å². The Labute approximate surface area is 167 Å². The molecule has 0 atom stereocenters. The molecule has 150 valence electrons. The highest BCUT2D eigenvalue weighted by Crippen LogP contribution is 2.33. The minimum absolute atomic E-state index is 0.0605. The van der Waals surface area contributed by atoms with E-state index in [2.05, 4.69) is 15.6 Å². The first kappa shape index (κ1) is 18.9. The highest BCUT2D eigenvalue weighted by Gasteiger charge is 2.47. The van der Waals surface area contributed by atoms with Gasteiger partial charge in [0.15, 0.2) is 0 Å². The van der Waals surface area contributed by atoms with E-state index in [4.69, 9.17) is 0 Å². The van der Waals surface area contributed by atoms with Gasteiger partial charge in [0.05, 0.1) is 10.5 Å². The molecule has 2 aromatic rings. The number of amides is 3. The number of piperidine rings is 1. The van der Waals surface area contributed by atoms with Gasteiger partial charge in [0.25, 0.3) is 5.69 Å². The van der Waals surface area contributed by atoms with Gasteiger partial charge in [0.2, 0.25) is 5.91 Å². The van der Waals surface area contributed by atoms with Crippen LogP contribution < -0.4 is 15.6 Å². The zero-order chi connectivity index (χ0) is 20.4. The number of imide groups is 1. The van der Waals surface area contributed by atoms with E-state index in [-0.39, 0.29) is 18.0 Å². The molecular formula is C20H21N5O4. The highest BCUT2D eigenvalue weighted by atomic mass is 16.6. The standard InChI is InChI=1S/C20H21N5O4/c26-18-14-20(22-24(18)19(27)21-15-4-2-1-3-5-15)10-12-23(13-11-20)16-6-8-17(9-7-16)25(28)29/h1-9,22H,10-14H2,(H,21,27). The quantitative estimate of drug-likeness (QED) is 0.611. The van der Waals surface area contributed by atoms with Crippen molar-refractivity contribution in [3.8, 4) is 0 Å². The van der Waals surface area contributed by atoms with Gasteiger partial charge in [-0.2, -0.15) is 5.01 Å². The molecule has 2 aromatic carbocycles. The van der Waals surface area contributed by atoms with Gasteiger partial charge >= 0.3 is 6.03 Å². The van der Waals surface area contributed by atoms with Gasteiger partial charge in [-0.25, -0.2) is 10.2 Å². The minimum atomic E-state index is -0.490. The Morgan fingerprint density at radius 3 is 2.34 bits per heavy atom. The summed E-state index contributed by atoms with van der Waals surface area (Å²) in [5, 5.41) is 14.6. The smallest absolute Gasteiger partial charge is 0.343 e. The van der Waals surface area contributed by atoms with Gasteiger partial charge in [-0.1, -0.05) is 18.2 Å². The molecular weight excluding hydrogens is 374 g/mol. The summed E-state index contributed by atoms with van der Waals surface area (Å²) in [6, 6.07) is 15.0. The van der Waals surface area contributed by atoms with Crippen molar-refractivity contribution < 1.29 is 14.5 Å². The van der Waals surface area contributed by atoms with E-state index >= 15 is 0 Å². The SMILES string of the molecule is O=C1CC2(CCN(c3ccc([N+](=O)[O-])cc3)CC2)NN1C(=O)Nc1ccccc1.